The Bertz CT molecular complexity index is 883. The standard InChI is InChI=1S/C22H30F2N4O4/c1-22(2,3)12-28(14-5-6-14)18(20(25)30)21(31)26-13-4-7-16(15(10-13)19(23)24)27-8-9-32-11-17(27)29/h4,7,10,14,18-19H,5-6,8-9,11-12H2,1-3H3,(H2,25,30)(H,26,31)/t18-/m0/s1. The minimum atomic E-state index is -2.87. The maximum absolute atomic E-state index is 13.8. The van der Waals surface area contributed by atoms with E-state index in [1.165, 1.54) is 17.0 Å². The fraction of sp³-hybridized carbons (Fsp3) is 0.591. The zero-order valence-corrected chi connectivity index (χ0v) is 18.6. The number of hydrogen-bond donors (Lipinski definition) is 2. The molecule has 1 atom stereocenters. The van der Waals surface area contributed by atoms with Crippen molar-refractivity contribution in [1.29, 1.82) is 0 Å². The molecule has 1 aromatic carbocycles. The van der Waals surface area contributed by atoms with Gasteiger partial charge in [0.25, 0.3) is 18.2 Å². The molecule has 2 aliphatic rings. The molecule has 1 saturated heterocycles. The van der Waals surface area contributed by atoms with E-state index < -0.39 is 30.2 Å². The zero-order chi connectivity index (χ0) is 23.6. The molecule has 0 unspecified atom stereocenters. The molecule has 3 amide bonds. The number of nitrogens with zero attached hydrogens (tertiary/aromatic N) is 2. The molecule has 0 radical (unpaired) electrons. The number of rotatable bonds is 8. The van der Waals surface area contributed by atoms with Crippen molar-refractivity contribution in [3.05, 3.63) is 23.8 Å². The number of carbonyl (C=O) groups is 3. The first kappa shape index (κ1) is 24.1. The molecule has 10 heteroatoms. The molecular weight excluding hydrogens is 422 g/mol. The summed E-state index contributed by atoms with van der Waals surface area (Å²) in [5.74, 6) is -1.86. The van der Waals surface area contributed by atoms with Crippen LogP contribution in [0.4, 0.5) is 20.2 Å². The van der Waals surface area contributed by atoms with Crippen molar-refractivity contribution in [1.82, 2.24) is 4.90 Å². The van der Waals surface area contributed by atoms with E-state index in [9.17, 15) is 23.2 Å². The van der Waals surface area contributed by atoms with Gasteiger partial charge < -0.3 is 20.7 Å². The van der Waals surface area contributed by atoms with Crippen molar-refractivity contribution < 1.29 is 27.9 Å². The van der Waals surface area contributed by atoms with Gasteiger partial charge in [-0.05, 0) is 36.5 Å². The van der Waals surface area contributed by atoms with Crippen molar-refractivity contribution in [3.63, 3.8) is 0 Å². The SMILES string of the molecule is CC(C)(C)CN(C1CC1)[C@@H](C(N)=O)C(=O)Nc1ccc(N2CCOCC2=O)c(C(F)F)c1. The third-order valence-electron chi connectivity index (χ3n) is 5.33. The number of nitrogens with one attached hydrogen (secondary N) is 1. The highest BCUT2D eigenvalue weighted by atomic mass is 19.3. The molecule has 3 N–H and O–H groups in total. The number of nitrogens with two attached hydrogens (primary N) is 1. The van der Waals surface area contributed by atoms with Crippen molar-refractivity contribution in [2.45, 2.75) is 52.1 Å². The summed E-state index contributed by atoms with van der Waals surface area (Å²) in [6.45, 7) is 6.72. The fourth-order valence-electron chi connectivity index (χ4n) is 3.86. The van der Waals surface area contributed by atoms with Gasteiger partial charge in [-0.2, -0.15) is 0 Å². The highest BCUT2D eigenvalue weighted by Gasteiger charge is 2.42. The molecule has 1 aliphatic carbocycles. The summed E-state index contributed by atoms with van der Waals surface area (Å²) in [5, 5.41) is 2.57. The van der Waals surface area contributed by atoms with Gasteiger partial charge in [0.1, 0.15) is 6.61 Å². The number of primary amides is 1. The first-order valence-corrected chi connectivity index (χ1v) is 10.6. The Hall–Kier alpha value is -2.59. The highest BCUT2D eigenvalue weighted by Crippen LogP contribution is 2.34. The number of alkyl halides is 2. The predicted molar refractivity (Wildman–Crippen MR) is 115 cm³/mol. The largest absolute Gasteiger partial charge is 0.370 e. The summed E-state index contributed by atoms with van der Waals surface area (Å²) in [5.41, 5.74) is 5.19. The molecular formula is C22H30F2N4O4. The Kier molecular flexibility index (Phi) is 7.14. The Morgan fingerprint density at radius 2 is 2.00 bits per heavy atom. The van der Waals surface area contributed by atoms with Crippen LogP contribution in [0.1, 0.15) is 45.6 Å². The summed E-state index contributed by atoms with van der Waals surface area (Å²) >= 11 is 0. The molecule has 3 rings (SSSR count). The zero-order valence-electron chi connectivity index (χ0n) is 18.6. The van der Waals surface area contributed by atoms with Gasteiger partial charge in [0.05, 0.1) is 12.3 Å². The number of anilines is 2. The van der Waals surface area contributed by atoms with Crippen molar-refractivity contribution in [2.75, 3.05) is 36.5 Å². The van der Waals surface area contributed by atoms with Gasteiger partial charge in [-0.25, -0.2) is 8.78 Å². The second-order valence-electron chi connectivity index (χ2n) is 9.43. The summed E-state index contributed by atoms with van der Waals surface area (Å²) in [4.78, 5) is 40.4. The molecule has 176 valence electrons. The first-order valence-electron chi connectivity index (χ1n) is 10.6. The van der Waals surface area contributed by atoms with E-state index >= 15 is 0 Å². The normalized spacial score (nSPS) is 18.2. The molecule has 0 bridgehead atoms. The second kappa shape index (κ2) is 9.50. The Morgan fingerprint density at radius 1 is 1.31 bits per heavy atom. The number of amides is 3. The van der Waals surface area contributed by atoms with Gasteiger partial charge in [0.2, 0.25) is 5.91 Å². The van der Waals surface area contributed by atoms with Crippen LogP contribution in [-0.2, 0) is 19.1 Å². The lowest BCUT2D eigenvalue weighted by atomic mass is 9.94. The topological polar surface area (TPSA) is 105 Å². The van der Waals surface area contributed by atoms with Crippen LogP contribution in [0.2, 0.25) is 0 Å². The third-order valence-corrected chi connectivity index (χ3v) is 5.33. The van der Waals surface area contributed by atoms with Crippen LogP contribution >= 0.6 is 0 Å². The number of morpholine rings is 1. The van der Waals surface area contributed by atoms with E-state index in [4.69, 9.17) is 10.5 Å². The van der Waals surface area contributed by atoms with Crippen LogP contribution in [0.15, 0.2) is 18.2 Å². The number of carbonyl (C=O) groups excluding carboxylic acids is 3. The average Bonchev–Trinajstić information content (AvgIpc) is 3.52. The quantitative estimate of drug-likeness (QED) is 0.589. The number of halogens is 2. The predicted octanol–water partition coefficient (Wildman–Crippen LogP) is 2.29. The summed E-state index contributed by atoms with van der Waals surface area (Å²) in [6, 6.07) is 2.81. The minimum absolute atomic E-state index is 0.0742. The van der Waals surface area contributed by atoms with Crippen LogP contribution in [0.3, 0.4) is 0 Å². The maximum Gasteiger partial charge on any atom is 0.265 e. The van der Waals surface area contributed by atoms with E-state index in [0.29, 0.717) is 6.54 Å². The molecule has 32 heavy (non-hydrogen) atoms. The van der Waals surface area contributed by atoms with E-state index in [1.54, 1.807) is 4.90 Å². The molecule has 0 spiro atoms. The van der Waals surface area contributed by atoms with E-state index in [2.05, 4.69) is 5.32 Å². The van der Waals surface area contributed by atoms with Gasteiger partial charge >= 0.3 is 0 Å². The monoisotopic (exact) mass is 452 g/mol. The molecule has 1 aromatic rings. The molecule has 0 aromatic heterocycles. The van der Waals surface area contributed by atoms with Crippen molar-refractivity contribution >= 4 is 29.1 Å². The lowest BCUT2D eigenvalue weighted by Gasteiger charge is -2.34. The van der Waals surface area contributed by atoms with Crippen LogP contribution in [0.25, 0.3) is 0 Å². The van der Waals surface area contributed by atoms with Gasteiger partial charge in [0.15, 0.2) is 6.04 Å². The van der Waals surface area contributed by atoms with Crippen LogP contribution in [0, 0.1) is 5.41 Å². The van der Waals surface area contributed by atoms with Gasteiger partial charge in [-0.1, -0.05) is 20.8 Å². The van der Waals surface area contributed by atoms with E-state index in [1.807, 2.05) is 20.8 Å². The van der Waals surface area contributed by atoms with Crippen LogP contribution in [0.5, 0.6) is 0 Å². The van der Waals surface area contributed by atoms with Crippen molar-refractivity contribution in [2.24, 2.45) is 11.1 Å². The maximum atomic E-state index is 13.8. The van der Waals surface area contributed by atoms with Gasteiger partial charge in [-0.3, -0.25) is 19.3 Å². The smallest absolute Gasteiger partial charge is 0.265 e. The molecule has 1 heterocycles. The average molecular weight is 453 g/mol. The van der Waals surface area contributed by atoms with Gasteiger partial charge in [-0.15, -0.1) is 0 Å². The number of hydrogen-bond acceptors (Lipinski definition) is 5. The van der Waals surface area contributed by atoms with Crippen LogP contribution < -0.4 is 16.0 Å². The lowest BCUT2D eigenvalue weighted by Crippen LogP contribution is -2.55. The van der Waals surface area contributed by atoms with E-state index in [-0.39, 0.29) is 48.2 Å². The second-order valence-corrected chi connectivity index (χ2v) is 9.43. The molecule has 1 aliphatic heterocycles. The number of benzene rings is 1. The first-order chi connectivity index (χ1) is 15.0. The molecule has 2 fully saturated rings. The Labute approximate surface area is 186 Å². The summed E-state index contributed by atoms with van der Waals surface area (Å²) < 4.78 is 32.6. The minimum Gasteiger partial charge on any atom is -0.370 e. The number of ether oxygens (including phenoxy) is 1. The molecule has 1 saturated carbocycles. The summed E-state index contributed by atoms with van der Waals surface area (Å²) in [7, 11) is 0. The summed E-state index contributed by atoms with van der Waals surface area (Å²) in [6.07, 6.45) is -1.14. The Morgan fingerprint density at radius 3 is 2.53 bits per heavy atom. The highest BCUT2D eigenvalue weighted by molar-refractivity contribution is 6.09. The van der Waals surface area contributed by atoms with Gasteiger partial charge in [0, 0.05) is 30.4 Å². The van der Waals surface area contributed by atoms with Crippen molar-refractivity contribution in [3.8, 4) is 0 Å². The van der Waals surface area contributed by atoms with Crippen LogP contribution in [-0.4, -0.2) is 61.0 Å². The van der Waals surface area contributed by atoms with E-state index in [0.717, 1.165) is 18.9 Å². The fourth-order valence-corrected chi connectivity index (χ4v) is 3.86. The third kappa shape index (κ3) is 5.80. The Balaban J connectivity index is 1.84. The lowest BCUT2D eigenvalue weighted by molar-refractivity contribution is -0.133. The molecule has 8 nitrogen and oxygen atoms in total.